The van der Waals surface area contributed by atoms with E-state index in [-0.39, 0.29) is 0 Å². The van der Waals surface area contributed by atoms with E-state index in [1.165, 1.54) is 0 Å². The Hall–Kier alpha value is -1.35. The minimum Gasteiger partial charge on any atom is -0.385 e. The smallest absolute Gasteiger partial charge is 0.138 e. The second kappa shape index (κ2) is 4.26. The Balaban J connectivity index is 2.60. The van der Waals surface area contributed by atoms with Gasteiger partial charge in [0.25, 0.3) is 0 Å². The average Bonchev–Trinajstić information content (AvgIpc) is 2.57. The summed E-state index contributed by atoms with van der Waals surface area (Å²) >= 11 is 0. The first-order valence-electron chi connectivity index (χ1n) is 5.73. The van der Waals surface area contributed by atoms with Crippen LogP contribution >= 0.6 is 0 Å². The lowest BCUT2D eigenvalue weighted by Crippen LogP contribution is -2.10. The summed E-state index contributed by atoms with van der Waals surface area (Å²) in [5.74, 6) is 1.30. The van der Waals surface area contributed by atoms with Crippen LogP contribution in [0.4, 0.5) is 0 Å². The van der Waals surface area contributed by atoms with Crippen molar-refractivity contribution in [3.8, 4) is 0 Å². The van der Waals surface area contributed by atoms with E-state index < -0.39 is 6.10 Å². The number of aliphatic hydroxyl groups is 1. The molecule has 86 valence electrons. The Kier molecular flexibility index (Phi) is 2.97. The summed E-state index contributed by atoms with van der Waals surface area (Å²) in [4.78, 5) is 4.48. The first-order chi connectivity index (χ1) is 7.59. The van der Waals surface area contributed by atoms with Gasteiger partial charge in [-0.2, -0.15) is 0 Å². The molecule has 16 heavy (non-hydrogen) atoms. The van der Waals surface area contributed by atoms with Crippen molar-refractivity contribution in [1.29, 1.82) is 0 Å². The van der Waals surface area contributed by atoms with Crippen molar-refractivity contribution in [2.75, 3.05) is 0 Å². The highest BCUT2D eigenvalue weighted by atomic mass is 16.3. The maximum atomic E-state index is 9.74. The van der Waals surface area contributed by atoms with Crippen molar-refractivity contribution in [3.05, 3.63) is 30.1 Å². The van der Waals surface area contributed by atoms with E-state index in [0.717, 1.165) is 23.4 Å². The quantitative estimate of drug-likeness (QED) is 0.860. The zero-order valence-electron chi connectivity index (χ0n) is 10.0. The van der Waals surface area contributed by atoms with Crippen LogP contribution in [0.25, 0.3) is 11.0 Å². The molecule has 1 aromatic carbocycles. The van der Waals surface area contributed by atoms with Crippen molar-refractivity contribution in [2.24, 2.45) is 5.92 Å². The van der Waals surface area contributed by atoms with Crippen LogP contribution in [0.3, 0.4) is 0 Å². The number of nitrogens with zero attached hydrogens (tertiary/aromatic N) is 2. The van der Waals surface area contributed by atoms with Gasteiger partial charge >= 0.3 is 0 Å². The van der Waals surface area contributed by atoms with Gasteiger partial charge in [0.05, 0.1) is 11.0 Å². The van der Waals surface area contributed by atoms with Gasteiger partial charge in [-0.25, -0.2) is 4.98 Å². The van der Waals surface area contributed by atoms with Crippen molar-refractivity contribution in [1.82, 2.24) is 9.55 Å². The molecule has 3 nitrogen and oxygen atoms in total. The Morgan fingerprint density at radius 2 is 1.94 bits per heavy atom. The number of benzene rings is 1. The van der Waals surface area contributed by atoms with Gasteiger partial charge in [-0.1, -0.05) is 26.0 Å². The van der Waals surface area contributed by atoms with Crippen LogP contribution in [0.15, 0.2) is 24.3 Å². The Labute approximate surface area is 95.7 Å². The highest BCUT2D eigenvalue weighted by Gasteiger charge is 2.14. The molecule has 0 amide bonds. The molecule has 0 saturated heterocycles. The van der Waals surface area contributed by atoms with Crippen LogP contribution in [0.5, 0.6) is 0 Å². The molecule has 0 aliphatic carbocycles. The number of aromatic nitrogens is 2. The molecule has 1 aromatic heterocycles. The van der Waals surface area contributed by atoms with Crippen molar-refractivity contribution in [2.45, 2.75) is 33.4 Å². The summed E-state index contributed by atoms with van der Waals surface area (Å²) in [6.07, 6.45) is -0.522. The molecule has 0 aliphatic rings. The number of para-hydroxylation sites is 2. The third-order valence-electron chi connectivity index (χ3n) is 2.61. The minimum atomic E-state index is -0.522. The Bertz CT molecular complexity index is 486. The van der Waals surface area contributed by atoms with E-state index in [4.69, 9.17) is 0 Å². The lowest BCUT2D eigenvalue weighted by Gasteiger charge is -2.12. The molecule has 2 aromatic rings. The van der Waals surface area contributed by atoms with Gasteiger partial charge in [-0.3, -0.25) is 0 Å². The maximum Gasteiger partial charge on any atom is 0.138 e. The standard InChI is InChI=1S/C13H18N2O/c1-9(2)8-15-12-7-5-4-6-11(12)14-13(15)10(3)16/h4-7,9-10,16H,8H2,1-3H3/t10-/m1/s1. The van der Waals surface area contributed by atoms with E-state index in [0.29, 0.717) is 5.92 Å². The van der Waals surface area contributed by atoms with Crippen LogP contribution in [0.1, 0.15) is 32.7 Å². The summed E-state index contributed by atoms with van der Waals surface area (Å²) in [6.45, 7) is 6.99. The lowest BCUT2D eigenvalue weighted by molar-refractivity contribution is 0.183. The van der Waals surface area contributed by atoms with Gasteiger partial charge in [0.15, 0.2) is 0 Å². The second-order valence-electron chi connectivity index (χ2n) is 4.64. The van der Waals surface area contributed by atoms with Crippen LogP contribution in [-0.2, 0) is 6.54 Å². The normalized spacial score (nSPS) is 13.6. The molecule has 1 atom stereocenters. The molecule has 0 spiro atoms. The lowest BCUT2D eigenvalue weighted by atomic mass is 10.2. The molecule has 3 heteroatoms. The van der Waals surface area contributed by atoms with Crippen LogP contribution in [0, 0.1) is 5.92 Å². The molecule has 0 radical (unpaired) electrons. The van der Waals surface area contributed by atoms with Gasteiger partial charge in [0.1, 0.15) is 11.9 Å². The summed E-state index contributed by atoms with van der Waals surface area (Å²) in [5.41, 5.74) is 2.06. The summed E-state index contributed by atoms with van der Waals surface area (Å²) < 4.78 is 2.12. The van der Waals surface area contributed by atoms with Gasteiger partial charge in [-0.05, 0) is 25.0 Å². The summed E-state index contributed by atoms with van der Waals surface area (Å²) in [7, 11) is 0. The summed E-state index contributed by atoms with van der Waals surface area (Å²) in [6, 6.07) is 8.02. The Morgan fingerprint density at radius 1 is 1.25 bits per heavy atom. The molecular formula is C13H18N2O. The van der Waals surface area contributed by atoms with Crippen molar-refractivity contribution < 1.29 is 5.11 Å². The molecule has 0 fully saturated rings. The highest BCUT2D eigenvalue weighted by Crippen LogP contribution is 2.21. The molecule has 0 bridgehead atoms. The predicted octanol–water partition coefficient (Wildman–Crippen LogP) is 2.75. The van der Waals surface area contributed by atoms with E-state index >= 15 is 0 Å². The minimum absolute atomic E-state index is 0.522. The fourth-order valence-corrected chi connectivity index (χ4v) is 1.97. The van der Waals surface area contributed by atoms with E-state index in [1.807, 2.05) is 18.2 Å². The molecular weight excluding hydrogens is 200 g/mol. The van der Waals surface area contributed by atoms with Crippen LogP contribution in [0.2, 0.25) is 0 Å². The van der Waals surface area contributed by atoms with Crippen molar-refractivity contribution >= 4 is 11.0 Å². The first-order valence-corrected chi connectivity index (χ1v) is 5.73. The van der Waals surface area contributed by atoms with Crippen LogP contribution in [-0.4, -0.2) is 14.7 Å². The monoisotopic (exact) mass is 218 g/mol. The largest absolute Gasteiger partial charge is 0.385 e. The maximum absolute atomic E-state index is 9.74. The van der Waals surface area contributed by atoms with E-state index in [9.17, 15) is 5.11 Å². The number of hydrogen-bond acceptors (Lipinski definition) is 2. The number of hydrogen-bond donors (Lipinski definition) is 1. The predicted molar refractivity (Wildman–Crippen MR) is 65.2 cm³/mol. The molecule has 1 N–H and O–H groups in total. The average molecular weight is 218 g/mol. The summed E-state index contributed by atoms with van der Waals surface area (Å²) in [5, 5.41) is 9.74. The molecule has 0 saturated carbocycles. The van der Waals surface area contributed by atoms with Gasteiger partial charge in [0, 0.05) is 6.54 Å². The molecule has 1 heterocycles. The topological polar surface area (TPSA) is 38.0 Å². The number of rotatable bonds is 3. The molecule has 0 unspecified atom stereocenters. The number of imidazole rings is 1. The number of fused-ring (bicyclic) bond motifs is 1. The van der Waals surface area contributed by atoms with Crippen LogP contribution < -0.4 is 0 Å². The second-order valence-corrected chi connectivity index (χ2v) is 4.64. The Morgan fingerprint density at radius 3 is 2.56 bits per heavy atom. The van der Waals surface area contributed by atoms with Gasteiger partial charge in [-0.15, -0.1) is 0 Å². The van der Waals surface area contributed by atoms with Crippen molar-refractivity contribution in [3.63, 3.8) is 0 Å². The SMILES string of the molecule is CC(C)Cn1c([C@@H](C)O)nc2ccccc21. The highest BCUT2D eigenvalue weighted by molar-refractivity contribution is 5.75. The van der Waals surface area contributed by atoms with Gasteiger partial charge in [0.2, 0.25) is 0 Å². The fraction of sp³-hybridized carbons (Fsp3) is 0.462. The fourth-order valence-electron chi connectivity index (χ4n) is 1.97. The zero-order chi connectivity index (χ0) is 11.7. The zero-order valence-corrected chi connectivity index (χ0v) is 10.0. The van der Waals surface area contributed by atoms with E-state index in [2.05, 4.69) is 29.5 Å². The van der Waals surface area contributed by atoms with E-state index in [1.54, 1.807) is 6.92 Å². The molecule has 2 rings (SSSR count). The number of aliphatic hydroxyl groups excluding tert-OH is 1. The first kappa shape index (κ1) is 11.1. The third kappa shape index (κ3) is 1.95. The van der Waals surface area contributed by atoms with Gasteiger partial charge < -0.3 is 9.67 Å². The third-order valence-corrected chi connectivity index (χ3v) is 2.61. The molecule has 0 aliphatic heterocycles.